The molecule has 0 aromatic heterocycles. The molecular formula is C26H23BrN2O2. The van der Waals surface area contributed by atoms with Gasteiger partial charge in [-0.3, -0.25) is 4.79 Å². The summed E-state index contributed by atoms with van der Waals surface area (Å²) in [5.41, 5.74) is 3.86. The summed E-state index contributed by atoms with van der Waals surface area (Å²) >= 11 is 3.45. The summed E-state index contributed by atoms with van der Waals surface area (Å²) in [5.74, 6) is 0.170. The molecule has 0 radical (unpaired) electrons. The predicted molar refractivity (Wildman–Crippen MR) is 126 cm³/mol. The zero-order chi connectivity index (χ0) is 22.2. The highest BCUT2D eigenvalue weighted by atomic mass is 79.9. The SMILES string of the molecule is Cc1ccc(COc2ccc(Br)cc2/C=C(/C#N)C(=O)N[C@@H](C)c2ccccc2)cc1. The first-order valence-electron chi connectivity index (χ1n) is 9.92. The van der Waals surface area contributed by atoms with Crippen molar-refractivity contribution >= 4 is 27.9 Å². The van der Waals surface area contributed by atoms with E-state index >= 15 is 0 Å². The lowest BCUT2D eigenvalue weighted by atomic mass is 10.1. The minimum absolute atomic E-state index is 0.0149. The molecule has 0 heterocycles. The van der Waals surface area contributed by atoms with E-state index in [2.05, 4.69) is 21.2 Å². The minimum atomic E-state index is -0.427. The lowest BCUT2D eigenvalue weighted by Gasteiger charge is -2.14. The number of nitrogens with zero attached hydrogens (tertiary/aromatic N) is 1. The molecule has 0 aliphatic carbocycles. The average Bonchev–Trinajstić information content (AvgIpc) is 2.78. The smallest absolute Gasteiger partial charge is 0.262 e. The number of carbonyl (C=O) groups is 1. The maximum absolute atomic E-state index is 12.7. The molecule has 5 heteroatoms. The van der Waals surface area contributed by atoms with Gasteiger partial charge in [-0.25, -0.2) is 0 Å². The van der Waals surface area contributed by atoms with Gasteiger partial charge in [0.1, 0.15) is 24.0 Å². The van der Waals surface area contributed by atoms with Crippen LogP contribution < -0.4 is 10.1 Å². The van der Waals surface area contributed by atoms with Crippen LogP contribution in [0, 0.1) is 18.3 Å². The number of hydrogen-bond donors (Lipinski definition) is 1. The summed E-state index contributed by atoms with van der Waals surface area (Å²) < 4.78 is 6.82. The van der Waals surface area contributed by atoms with Crippen LogP contribution in [0.25, 0.3) is 6.08 Å². The standard InChI is InChI=1S/C26H23BrN2O2/c1-18-8-10-20(11-9-18)17-31-25-13-12-24(27)15-22(25)14-23(16-28)26(30)29-19(2)21-6-4-3-5-7-21/h3-15,19H,17H2,1-2H3,(H,29,30)/b23-14-/t19-/m0/s1. The third kappa shape index (κ3) is 6.31. The van der Waals surface area contributed by atoms with E-state index in [1.165, 1.54) is 5.56 Å². The van der Waals surface area contributed by atoms with E-state index in [0.29, 0.717) is 17.9 Å². The number of hydrogen-bond acceptors (Lipinski definition) is 3. The first kappa shape index (κ1) is 22.3. The highest BCUT2D eigenvalue weighted by Crippen LogP contribution is 2.27. The minimum Gasteiger partial charge on any atom is -0.488 e. The number of ether oxygens (including phenoxy) is 1. The fourth-order valence-electron chi connectivity index (χ4n) is 3.01. The van der Waals surface area contributed by atoms with Gasteiger partial charge in [-0.2, -0.15) is 5.26 Å². The van der Waals surface area contributed by atoms with Gasteiger partial charge in [0.25, 0.3) is 5.91 Å². The molecule has 0 saturated carbocycles. The van der Waals surface area contributed by atoms with Crippen LogP contribution in [0.3, 0.4) is 0 Å². The normalized spacial score (nSPS) is 12.0. The van der Waals surface area contributed by atoms with Crippen LogP contribution in [0.5, 0.6) is 5.75 Å². The summed E-state index contributed by atoms with van der Waals surface area (Å²) in [6, 6.07) is 25.0. The molecule has 3 aromatic rings. The van der Waals surface area contributed by atoms with Gasteiger partial charge in [0.15, 0.2) is 0 Å². The van der Waals surface area contributed by atoms with Crippen molar-refractivity contribution in [3.05, 3.63) is 105 Å². The Morgan fingerprint density at radius 2 is 1.84 bits per heavy atom. The third-order valence-corrected chi connectivity index (χ3v) is 5.29. The molecule has 0 spiro atoms. The topological polar surface area (TPSA) is 62.1 Å². The van der Waals surface area contributed by atoms with Gasteiger partial charge in [0.05, 0.1) is 6.04 Å². The quantitative estimate of drug-likeness (QED) is 0.331. The largest absolute Gasteiger partial charge is 0.488 e. The van der Waals surface area contributed by atoms with Gasteiger partial charge in [-0.15, -0.1) is 0 Å². The van der Waals surface area contributed by atoms with Crippen molar-refractivity contribution in [2.24, 2.45) is 0 Å². The van der Waals surface area contributed by atoms with E-state index in [1.54, 1.807) is 6.08 Å². The van der Waals surface area contributed by atoms with Crippen molar-refractivity contribution in [2.75, 3.05) is 0 Å². The summed E-state index contributed by atoms with van der Waals surface area (Å²) in [6.07, 6.45) is 1.56. The summed E-state index contributed by atoms with van der Waals surface area (Å²) in [4.78, 5) is 12.7. The van der Waals surface area contributed by atoms with Gasteiger partial charge in [-0.1, -0.05) is 76.1 Å². The number of nitriles is 1. The molecule has 156 valence electrons. The van der Waals surface area contributed by atoms with Crippen molar-refractivity contribution in [1.29, 1.82) is 5.26 Å². The first-order valence-corrected chi connectivity index (χ1v) is 10.7. The number of nitrogens with one attached hydrogen (secondary N) is 1. The van der Waals surface area contributed by atoms with Crippen molar-refractivity contribution < 1.29 is 9.53 Å². The zero-order valence-electron chi connectivity index (χ0n) is 17.4. The van der Waals surface area contributed by atoms with Crippen LogP contribution in [0.4, 0.5) is 0 Å². The van der Waals surface area contributed by atoms with E-state index < -0.39 is 5.91 Å². The van der Waals surface area contributed by atoms with Gasteiger partial charge in [0.2, 0.25) is 0 Å². The Hall–Kier alpha value is -3.36. The van der Waals surface area contributed by atoms with Crippen LogP contribution in [0.1, 0.15) is 35.2 Å². The number of aryl methyl sites for hydroxylation is 1. The summed E-state index contributed by atoms with van der Waals surface area (Å²) in [5, 5.41) is 12.5. The summed E-state index contributed by atoms with van der Waals surface area (Å²) in [6.45, 7) is 4.31. The van der Waals surface area contributed by atoms with Crippen LogP contribution in [0.2, 0.25) is 0 Å². The fraction of sp³-hybridized carbons (Fsp3) is 0.154. The van der Waals surface area contributed by atoms with Gasteiger partial charge in [-0.05, 0) is 49.2 Å². The average molecular weight is 475 g/mol. The molecule has 4 nitrogen and oxygen atoms in total. The Kier molecular flexibility index (Phi) is 7.64. The Morgan fingerprint density at radius 1 is 1.13 bits per heavy atom. The number of halogens is 1. The Balaban J connectivity index is 1.79. The highest BCUT2D eigenvalue weighted by Gasteiger charge is 2.15. The molecule has 0 aliphatic heterocycles. The number of benzene rings is 3. The van der Waals surface area contributed by atoms with Crippen molar-refractivity contribution in [3.8, 4) is 11.8 Å². The van der Waals surface area contributed by atoms with Crippen LogP contribution in [-0.2, 0) is 11.4 Å². The van der Waals surface area contributed by atoms with Gasteiger partial charge < -0.3 is 10.1 Å². The van der Waals surface area contributed by atoms with Crippen LogP contribution in [-0.4, -0.2) is 5.91 Å². The van der Waals surface area contributed by atoms with Crippen LogP contribution in [0.15, 0.2) is 82.8 Å². The number of rotatable bonds is 7. The number of amides is 1. The molecule has 1 N–H and O–H groups in total. The van der Waals surface area contributed by atoms with E-state index in [-0.39, 0.29) is 11.6 Å². The Labute approximate surface area is 191 Å². The molecule has 3 aromatic carbocycles. The van der Waals surface area contributed by atoms with Crippen molar-refractivity contribution in [3.63, 3.8) is 0 Å². The molecule has 3 rings (SSSR count). The second-order valence-electron chi connectivity index (χ2n) is 7.23. The Bertz CT molecular complexity index is 1120. The third-order valence-electron chi connectivity index (χ3n) is 4.80. The fourth-order valence-corrected chi connectivity index (χ4v) is 3.39. The van der Waals surface area contributed by atoms with E-state index in [0.717, 1.165) is 15.6 Å². The van der Waals surface area contributed by atoms with E-state index in [4.69, 9.17) is 4.74 Å². The molecular weight excluding hydrogens is 452 g/mol. The second kappa shape index (κ2) is 10.6. The number of carbonyl (C=O) groups excluding carboxylic acids is 1. The predicted octanol–water partition coefficient (Wildman–Crippen LogP) is 6.12. The first-order chi connectivity index (χ1) is 15.0. The molecule has 0 saturated heterocycles. The van der Waals surface area contributed by atoms with Crippen molar-refractivity contribution in [1.82, 2.24) is 5.32 Å². The highest BCUT2D eigenvalue weighted by molar-refractivity contribution is 9.10. The molecule has 0 fully saturated rings. The molecule has 31 heavy (non-hydrogen) atoms. The molecule has 0 aliphatic rings. The summed E-state index contributed by atoms with van der Waals surface area (Å²) in [7, 11) is 0. The lowest BCUT2D eigenvalue weighted by Crippen LogP contribution is -2.27. The van der Waals surface area contributed by atoms with Gasteiger partial charge in [0, 0.05) is 10.0 Å². The van der Waals surface area contributed by atoms with E-state index in [1.807, 2.05) is 92.7 Å². The molecule has 1 atom stereocenters. The maximum Gasteiger partial charge on any atom is 0.262 e. The van der Waals surface area contributed by atoms with Crippen molar-refractivity contribution in [2.45, 2.75) is 26.5 Å². The lowest BCUT2D eigenvalue weighted by molar-refractivity contribution is -0.117. The molecule has 1 amide bonds. The van der Waals surface area contributed by atoms with Crippen LogP contribution >= 0.6 is 15.9 Å². The van der Waals surface area contributed by atoms with E-state index in [9.17, 15) is 10.1 Å². The van der Waals surface area contributed by atoms with Gasteiger partial charge >= 0.3 is 0 Å². The zero-order valence-corrected chi connectivity index (χ0v) is 19.0. The maximum atomic E-state index is 12.7. The monoisotopic (exact) mass is 474 g/mol. The molecule has 0 unspecified atom stereocenters. The second-order valence-corrected chi connectivity index (χ2v) is 8.15. The molecule has 0 bridgehead atoms. The Morgan fingerprint density at radius 3 is 2.52 bits per heavy atom.